The van der Waals surface area contributed by atoms with Crippen LogP contribution in [0.15, 0.2) is 6.20 Å². The molecule has 86 valence electrons. The maximum atomic E-state index is 9.49. The lowest BCUT2D eigenvalue weighted by Gasteiger charge is -2.18. The minimum Gasteiger partial charge on any atom is -0.389 e. The van der Waals surface area contributed by atoms with E-state index in [1.165, 1.54) is 0 Å². The number of rotatable bonds is 6. The highest BCUT2D eigenvalue weighted by Gasteiger charge is 2.09. The molecule has 0 spiro atoms. The van der Waals surface area contributed by atoms with E-state index in [-0.39, 0.29) is 0 Å². The second-order valence-electron chi connectivity index (χ2n) is 3.69. The van der Waals surface area contributed by atoms with Crippen molar-refractivity contribution in [1.82, 2.24) is 19.9 Å². The summed E-state index contributed by atoms with van der Waals surface area (Å²) in [5.74, 6) is 0. The number of ether oxygens (including phenoxy) is 1. The molecule has 15 heavy (non-hydrogen) atoms. The molecule has 0 aliphatic carbocycles. The Kier molecular flexibility index (Phi) is 4.67. The van der Waals surface area contributed by atoms with Crippen molar-refractivity contribution < 1.29 is 9.84 Å². The number of aliphatic hydroxyl groups is 1. The smallest absolute Gasteiger partial charge is 0.0966 e. The maximum absolute atomic E-state index is 9.49. The standard InChI is InChI=1S/C9H18N4O2/c1-12(6-9(14)7-15-3)4-8-5-13(2)11-10-8/h5,9,14H,4,6-7H2,1-3H3. The van der Waals surface area contributed by atoms with Gasteiger partial charge in [0.15, 0.2) is 0 Å². The number of aliphatic hydroxyl groups excluding tert-OH is 1. The van der Waals surface area contributed by atoms with Gasteiger partial charge in [-0.1, -0.05) is 5.21 Å². The van der Waals surface area contributed by atoms with Crippen molar-refractivity contribution in [3.8, 4) is 0 Å². The fourth-order valence-electron chi connectivity index (χ4n) is 1.41. The highest BCUT2D eigenvalue weighted by atomic mass is 16.5. The first kappa shape index (κ1) is 12.1. The van der Waals surface area contributed by atoms with E-state index in [1.807, 2.05) is 25.2 Å². The van der Waals surface area contributed by atoms with Gasteiger partial charge in [0.1, 0.15) is 0 Å². The van der Waals surface area contributed by atoms with E-state index >= 15 is 0 Å². The molecule has 1 aromatic heterocycles. The Morgan fingerprint density at radius 2 is 2.40 bits per heavy atom. The summed E-state index contributed by atoms with van der Waals surface area (Å²) < 4.78 is 6.51. The third-order valence-corrected chi connectivity index (χ3v) is 1.96. The summed E-state index contributed by atoms with van der Waals surface area (Å²) in [6.45, 7) is 1.59. The van der Waals surface area contributed by atoms with E-state index < -0.39 is 6.10 Å². The number of likely N-dealkylation sites (N-methyl/N-ethyl adjacent to an activating group) is 1. The van der Waals surface area contributed by atoms with Gasteiger partial charge in [-0.25, -0.2) is 0 Å². The van der Waals surface area contributed by atoms with Crippen LogP contribution in [0.3, 0.4) is 0 Å². The van der Waals surface area contributed by atoms with Crippen molar-refractivity contribution in [1.29, 1.82) is 0 Å². The van der Waals surface area contributed by atoms with Crippen LogP contribution in [-0.2, 0) is 18.3 Å². The number of hydrogen-bond donors (Lipinski definition) is 1. The second kappa shape index (κ2) is 5.79. The van der Waals surface area contributed by atoms with Crippen molar-refractivity contribution in [3.63, 3.8) is 0 Å². The Balaban J connectivity index is 2.32. The molecule has 1 atom stereocenters. The molecule has 1 aromatic rings. The molecule has 6 nitrogen and oxygen atoms in total. The molecule has 0 fully saturated rings. The van der Waals surface area contributed by atoms with Gasteiger partial charge in [0.2, 0.25) is 0 Å². The molecule has 6 heteroatoms. The van der Waals surface area contributed by atoms with Crippen molar-refractivity contribution in [3.05, 3.63) is 11.9 Å². The number of hydrogen-bond acceptors (Lipinski definition) is 5. The zero-order chi connectivity index (χ0) is 11.3. The molecule has 0 aliphatic heterocycles. The molecule has 0 radical (unpaired) electrons. The van der Waals surface area contributed by atoms with E-state index in [0.717, 1.165) is 5.69 Å². The lowest BCUT2D eigenvalue weighted by molar-refractivity contribution is 0.0416. The molecule has 1 rings (SSSR count). The molecular formula is C9H18N4O2. The summed E-state index contributed by atoms with van der Waals surface area (Å²) in [5, 5.41) is 17.3. The second-order valence-corrected chi connectivity index (χ2v) is 3.69. The van der Waals surface area contributed by atoms with Gasteiger partial charge in [-0.2, -0.15) is 0 Å². The van der Waals surface area contributed by atoms with Crippen molar-refractivity contribution in [2.24, 2.45) is 7.05 Å². The van der Waals surface area contributed by atoms with E-state index in [1.54, 1.807) is 11.8 Å². The summed E-state index contributed by atoms with van der Waals surface area (Å²) in [5.41, 5.74) is 0.893. The van der Waals surface area contributed by atoms with Crippen LogP contribution in [0, 0.1) is 0 Å². The SMILES string of the molecule is COCC(O)CN(C)Cc1cn(C)nn1. The van der Waals surface area contributed by atoms with Crippen LogP contribution in [0.1, 0.15) is 5.69 Å². The predicted molar refractivity (Wildman–Crippen MR) is 55.2 cm³/mol. The average Bonchev–Trinajstić information content (AvgIpc) is 2.51. The molecule has 0 saturated carbocycles. The largest absolute Gasteiger partial charge is 0.389 e. The Bertz CT molecular complexity index is 289. The van der Waals surface area contributed by atoms with Crippen LogP contribution < -0.4 is 0 Å². The van der Waals surface area contributed by atoms with Crippen LogP contribution in [0.2, 0.25) is 0 Å². The third-order valence-electron chi connectivity index (χ3n) is 1.96. The molecular weight excluding hydrogens is 196 g/mol. The predicted octanol–water partition coefficient (Wildman–Crippen LogP) is -0.746. The van der Waals surface area contributed by atoms with Gasteiger partial charge in [-0.15, -0.1) is 5.10 Å². The van der Waals surface area contributed by atoms with Crippen LogP contribution in [-0.4, -0.2) is 58.4 Å². The minimum absolute atomic E-state index is 0.352. The van der Waals surface area contributed by atoms with Crippen molar-refractivity contribution in [2.45, 2.75) is 12.6 Å². The molecule has 0 aliphatic rings. The summed E-state index contributed by atoms with van der Waals surface area (Å²) in [6, 6.07) is 0. The quantitative estimate of drug-likeness (QED) is 0.675. The van der Waals surface area contributed by atoms with Crippen molar-refractivity contribution in [2.75, 3.05) is 27.3 Å². The highest BCUT2D eigenvalue weighted by molar-refractivity contribution is 4.91. The van der Waals surface area contributed by atoms with Crippen LogP contribution in [0.25, 0.3) is 0 Å². The monoisotopic (exact) mass is 214 g/mol. The summed E-state index contributed by atoms with van der Waals surface area (Å²) >= 11 is 0. The van der Waals surface area contributed by atoms with Crippen LogP contribution in [0.5, 0.6) is 0 Å². The van der Waals surface area contributed by atoms with Gasteiger partial charge < -0.3 is 9.84 Å². The Morgan fingerprint density at radius 3 is 2.93 bits per heavy atom. The number of aryl methyl sites for hydroxylation is 1. The molecule has 1 N–H and O–H groups in total. The fraction of sp³-hybridized carbons (Fsp3) is 0.778. The van der Waals surface area contributed by atoms with Gasteiger partial charge in [-0.3, -0.25) is 9.58 Å². The highest BCUT2D eigenvalue weighted by Crippen LogP contribution is 1.98. The lowest BCUT2D eigenvalue weighted by Crippen LogP contribution is -2.31. The van der Waals surface area contributed by atoms with E-state index in [2.05, 4.69) is 10.3 Å². The van der Waals surface area contributed by atoms with Crippen LogP contribution in [0.4, 0.5) is 0 Å². The molecule has 0 saturated heterocycles. The number of methoxy groups -OCH3 is 1. The Labute approximate surface area is 89.4 Å². The number of aromatic nitrogens is 3. The Morgan fingerprint density at radius 1 is 1.67 bits per heavy atom. The van der Waals surface area contributed by atoms with Gasteiger partial charge >= 0.3 is 0 Å². The van der Waals surface area contributed by atoms with E-state index in [9.17, 15) is 5.11 Å². The molecule has 1 heterocycles. The van der Waals surface area contributed by atoms with Crippen LogP contribution >= 0.6 is 0 Å². The maximum Gasteiger partial charge on any atom is 0.0966 e. The topological polar surface area (TPSA) is 63.4 Å². The van der Waals surface area contributed by atoms with Gasteiger partial charge in [0.05, 0.1) is 18.4 Å². The first-order chi connectivity index (χ1) is 7.11. The molecule has 1 unspecified atom stereocenters. The first-order valence-corrected chi connectivity index (χ1v) is 4.82. The minimum atomic E-state index is -0.461. The van der Waals surface area contributed by atoms with E-state index in [4.69, 9.17) is 4.74 Å². The van der Waals surface area contributed by atoms with E-state index in [0.29, 0.717) is 19.7 Å². The van der Waals surface area contributed by atoms with Gasteiger partial charge in [-0.05, 0) is 7.05 Å². The summed E-state index contributed by atoms with van der Waals surface area (Å²) in [7, 11) is 5.33. The van der Waals surface area contributed by atoms with Gasteiger partial charge in [0.25, 0.3) is 0 Å². The first-order valence-electron chi connectivity index (χ1n) is 4.82. The zero-order valence-electron chi connectivity index (χ0n) is 9.42. The molecule has 0 aromatic carbocycles. The summed E-state index contributed by atoms with van der Waals surface area (Å²) in [6.07, 6.45) is 1.40. The Hall–Kier alpha value is -0.980. The van der Waals surface area contributed by atoms with Crippen molar-refractivity contribution >= 4 is 0 Å². The zero-order valence-corrected chi connectivity index (χ0v) is 9.42. The number of nitrogens with zero attached hydrogens (tertiary/aromatic N) is 4. The third kappa shape index (κ3) is 4.37. The average molecular weight is 214 g/mol. The molecule has 0 bridgehead atoms. The lowest BCUT2D eigenvalue weighted by atomic mass is 10.3. The fourth-order valence-corrected chi connectivity index (χ4v) is 1.41. The summed E-state index contributed by atoms with van der Waals surface area (Å²) in [4.78, 5) is 1.98. The molecule has 0 amide bonds. The normalized spacial score (nSPS) is 13.4. The van der Waals surface area contributed by atoms with Gasteiger partial charge in [0, 0.05) is 33.4 Å².